The topological polar surface area (TPSA) is 46.3 Å². The molecule has 23 heavy (non-hydrogen) atoms. The third kappa shape index (κ3) is 5.65. The first kappa shape index (κ1) is 19.7. The van der Waals surface area contributed by atoms with Crippen LogP contribution in [0, 0.1) is 6.92 Å². The Kier molecular flexibility index (Phi) is 7.76. The Morgan fingerprint density at radius 1 is 1.17 bits per heavy atom. The Hall–Kier alpha value is -1.36. The fraction of sp³-hybridized carbons (Fsp3) is 0.389. The fourth-order valence-electron chi connectivity index (χ4n) is 2.42. The van der Waals surface area contributed by atoms with Crippen molar-refractivity contribution in [2.45, 2.75) is 45.8 Å². The average Bonchev–Trinajstić information content (AvgIpc) is 2.90. The van der Waals surface area contributed by atoms with Crippen LogP contribution in [0.3, 0.4) is 0 Å². The molecule has 5 heteroatoms. The highest BCUT2D eigenvalue weighted by Crippen LogP contribution is 2.21. The molecular weight excluding hydrogens is 328 g/mol. The first-order valence-electron chi connectivity index (χ1n) is 7.62. The maximum atomic E-state index is 12.6. The van der Waals surface area contributed by atoms with Crippen molar-refractivity contribution in [3.63, 3.8) is 0 Å². The summed E-state index contributed by atoms with van der Waals surface area (Å²) < 4.78 is 0. The van der Waals surface area contributed by atoms with Crippen LogP contribution in [0.2, 0.25) is 0 Å². The van der Waals surface area contributed by atoms with Gasteiger partial charge >= 0.3 is 0 Å². The minimum atomic E-state index is -0.250. The Labute approximate surface area is 148 Å². The van der Waals surface area contributed by atoms with Gasteiger partial charge in [-0.05, 0) is 38.5 Å². The van der Waals surface area contributed by atoms with Gasteiger partial charge in [-0.15, -0.1) is 23.7 Å². The number of thiophene rings is 1. The van der Waals surface area contributed by atoms with Crippen LogP contribution in [0.15, 0.2) is 42.5 Å². The second-order valence-electron chi connectivity index (χ2n) is 5.85. The summed E-state index contributed by atoms with van der Waals surface area (Å²) in [5.74, 6) is 0.109. The number of nitrogens with two attached hydrogens (primary N) is 1. The van der Waals surface area contributed by atoms with Gasteiger partial charge in [0, 0.05) is 28.3 Å². The molecule has 0 aliphatic rings. The van der Waals surface area contributed by atoms with E-state index in [1.807, 2.05) is 49.1 Å². The zero-order valence-corrected chi connectivity index (χ0v) is 15.5. The van der Waals surface area contributed by atoms with Gasteiger partial charge in [-0.3, -0.25) is 4.79 Å². The molecule has 1 aromatic heterocycles. The van der Waals surface area contributed by atoms with E-state index in [9.17, 15) is 4.79 Å². The maximum absolute atomic E-state index is 12.6. The highest BCUT2D eigenvalue weighted by atomic mass is 35.5. The van der Waals surface area contributed by atoms with Crippen molar-refractivity contribution >= 4 is 29.7 Å². The van der Waals surface area contributed by atoms with Crippen LogP contribution in [-0.2, 0) is 11.3 Å². The van der Waals surface area contributed by atoms with E-state index in [0.29, 0.717) is 13.0 Å². The Morgan fingerprint density at radius 3 is 2.35 bits per heavy atom. The summed E-state index contributed by atoms with van der Waals surface area (Å²) in [5, 5.41) is 0. The number of hydrogen-bond acceptors (Lipinski definition) is 3. The Morgan fingerprint density at radius 2 is 1.83 bits per heavy atom. The molecule has 0 saturated carbocycles. The molecule has 126 valence electrons. The van der Waals surface area contributed by atoms with Crippen molar-refractivity contribution in [2.75, 3.05) is 0 Å². The molecule has 1 aromatic carbocycles. The second kappa shape index (κ2) is 9.06. The molecule has 0 spiro atoms. The molecule has 0 aliphatic heterocycles. The lowest BCUT2D eigenvalue weighted by molar-refractivity contribution is -0.133. The van der Waals surface area contributed by atoms with Gasteiger partial charge in [-0.1, -0.05) is 30.3 Å². The van der Waals surface area contributed by atoms with E-state index in [1.165, 1.54) is 9.75 Å². The SMILES string of the molecule is Cc1ccc(CN(C(=O)CC(N)c2ccccc2)C(C)C)s1.Cl. The van der Waals surface area contributed by atoms with E-state index < -0.39 is 0 Å². The third-order valence-electron chi connectivity index (χ3n) is 3.69. The van der Waals surface area contributed by atoms with E-state index in [0.717, 1.165) is 5.56 Å². The first-order chi connectivity index (χ1) is 10.5. The van der Waals surface area contributed by atoms with Crippen molar-refractivity contribution in [1.82, 2.24) is 4.90 Å². The molecule has 3 nitrogen and oxygen atoms in total. The lowest BCUT2D eigenvalue weighted by Crippen LogP contribution is -2.37. The molecule has 0 bridgehead atoms. The molecule has 0 radical (unpaired) electrons. The van der Waals surface area contributed by atoms with E-state index in [1.54, 1.807) is 11.3 Å². The highest BCUT2D eigenvalue weighted by molar-refractivity contribution is 7.11. The summed E-state index contributed by atoms with van der Waals surface area (Å²) in [6.45, 7) is 6.84. The zero-order chi connectivity index (χ0) is 16.1. The summed E-state index contributed by atoms with van der Waals surface area (Å²) in [6, 6.07) is 13.9. The van der Waals surface area contributed by atoms with Crippen LogP contribution in [-0.4, -0.2) is 16.8 Å². The summed E-state index contributed by atoms with van der Waals surface area (Å²) in [6.07, 6.45) is 0.340. The normalized spacial score (nSPS) is 11.9. The first-order valence-corrected chi connectivity index (χ1v) is 8.44. The van der Waals surface area contributed by atoms with Gasteiger partial charge in [0.05, 0.1) is 6.54 Å². The number of rotatable bonds is 6. The molecule has 2 aromatic rings. The number of benzene rings is 1. The van der Waals surface area contributed by atoms with E-state index in [4.69, 9.17) is 5.73 Å². The van der Waals surface area contributed by atoms with Crippen LogP contribution in [0.5, 0.6) is 0 Å². The monoisotopic (exact) mass is 352 g/mol. The predicted molar refractivity (Wildman–Crippen MR) is 100.0 cm³/mol. The van der Waals surface area contributed by atoms with Gasteiger partial charge in [0.25, 0.3) is 0 Å². The van der Waals surface area contributed by atoms with Gasteiger partial charge in [-0.2, -0.15) is 0 Å². The van der Waals surface area contributed by atoms with Crippen LogP contribution < -0.4 is 5.73 Å². The second-order valence-corrected chi connectivity index (χ2v) is 7.22. The fourth-order valence-corrected chi connectivity index (χ4v) is 3.31. The number of amides is 1. The Balaban J connectivity index is 0.00000264. The number of carbonyl (C=O) groups excluding carboxylic acids is 1. The van der Waals surface area contributed by atoms with Crippen molar-refractivity contribution in [2.24, 2.45) is 5.73 Å². The quantitative estimate of drug-likeness (QED) is 0.842. The molecule has 0 fully saturated rings. The zero-order valence-electron chi connectivity index (χ0n) is 13.9. The lowest BCUT2D eigenvalue weighted by atomic mass is 10.0. The maximum Gasteiger partial charge on any atom is 0.225 e. The molecular formula is C18H25ClN2OS. The number of halogens is 1. The van der Waals surface area contributed by atoms with Crippen molar-refractivity contribution < 1.29 is 4.79 Å². The molecule has 1 amide bonds. The van der Waals surface area contributed by atoms with Gasteiger partial charge in [0.2, 0.25) is 5.91 Å². The Bertz CT molecular complexity index is 612. The smallest absolute Gasteiger partial charge is 0.225 e. The molecule has 1 unspecified atom stereocenters. The van der Waals surface area contributed by atoms with Gasteiger partial charge in [0.15, 0.2) is 0 Å². The molecule has 2 rings (SSSR count). The minimum Gasteiger partial charge on any atom is -0.335 e. The van der Waals surface area contributed by atoms with Crippen LogP contribution in [0.1, 0.15) is 41.6 Å². The predicted octanol–water partition coefficient (Wildman–Crippen LogP) is 4.31. The van der Waals surface area contributed by atoms with Crippen LogP contribution >= 0.6 is 23.7 Å². The molecule has 1 heterocycles. The highest BCUT2D eigenvalue weighted by Gasteiger charge is 2.21. The van der Waals surface area contributed by atoms with E-state index in [-0.39, 0.29) is 30.4 Å². The molecule has 1 atom stereocenters. The van der Waals surface area contributed by atoms with Crippen molar-refractivity contribution in [3.05, 3.63) is 57.8 Å². The summed E-state index contributed by atoms with van der Waals surface area (Å²) in [4.78, 5) is 17.0. The largest absolute Gasteiger partial charge is 0.335 e. The number of hydrogen-bond donors (Lipinski definition) is 1. The van der Waals surface area contributed by atoms with Crippen LogP contribution in [0.25, 0.3) is 0 Å². The minimum absolute atomic E-state index is 0. The number of nitrogens with zero attached hydrogens (tertiary/aromatic N) is 1. The van der Waals surface area contributed by atoms with E-state index in [2.05, 4.69) is 19.1 Å². The summed E-state index contributed by atoms with van der Waals surface area (Å²) >= 11 is 1.74. The molecule has 0 aliphatic carbocycles. The van der Waals surface area contributed by atoms with Crippen molar-refractivity contribution in [3.8, 4) is 0 Å². The molecule has 0 saturated heterocycles. The van der Waals surface area contributed by atoms with Crippen molar-refractivity contribution in [1.29, 1.82) is 0 Å². The average molecular weight is 353 g/mol. The summed E-state index contributed by atoms with van der Waals surface area (Å²) in [7, 11) is 0. The lowest BCUT2D eigenvalue weighted by Gasteiger charge is -2.27. The van der Waals surface area contributed by atoms with Crippen LogP contribution in [0.4, 0.5) is 0 Å². The number of carbonyl (C=O) groups is 1. The third-order valence-corrected chi connectivity index (χ3v) is 4.67. The summed E-state index contributed by atoms with van der Waals surface area (Å²) in [5.41, 5.74) is 7.19. The standard InChI is InChI=1S/C18H24N2OS.ClH/c1-13(2)20(12-16-10-9-14(3)22-16)18(21)11-17(19)15-7-5-4-6-8-15;/h4-10,13,17H,11-12,19H2,1-3H3;1H. The van der Waals surface area contributed by atoms with Gasteiger partial charge in [-0.25, -0.2) is 0 Å². The molecule has 2 N–H and O–H groups in total. The number of aryl methyl sites for hydroxylation is 1. The van der Waals surface area contributed by atoms with Gasteiger partial charge < -0.3 is 10.6 Å². The van der Waals surface area contributed by atoms with E-state index >= 15 is 0 Å². The van der Waals surface area contributed by atoms with Gasteiger partial charge in [0.1, 0.15) is 0 Å².